The number of aromatic amines is 1. The Morgan fingerprint density at radius 3 is 3.00 bits per heavy atom. The Morgan fingerprint density at radius 1 is 1.52 bits per heavy atom. The van der Waals surface area contributed by atoms with Crippen LogP contribution in [0.25, 0.3) is 16.5 Å². The topological polar surface area (TPSA) is 145 Å². The van der Waals surface area contributed by atoms with Gasteiger partial charge in [0.05, 0.1) is 5.52 Å². The first-order valence-corrected chi connectivity index (χ1v) is 6.41. The Morgan fingerprint density at radius 2 is 2.35 bits per heavy atom. The predicted molar refractivity (Wildman–Crippen MR) is 79.1 cm³/mol. The lowest BCUT2D eigenvalue weighted by atomic mass is 10.2. The summed E-state index contributed by atoms with van der Waals surface area (Å²) >= 11 is 0. The number of carboxylic acid groups (broad SMARTS) is 1. The summed E-state index contributed by atoms with van der Waals surface area (Å²) in [7, 11) is 1.67. The minimum Gasteiger partial charge on any atom is -0.476 e. The number of nitrogens with zero attached hydrogens (tertiary/aromatic N) is 6. The monoisotopic (exact) mass is 310 g/mol. The largest absolute Gasteiger partial charge is 0.476 e. The highest BCUT2D eigenvalue weighted by molar-refractivity contribution is 6.02. The lowest BCUT2D eigenvalue weighted by Crippen LogP contribution is -1.99. The number of nitrogens with one attached hydrogen (secondary N) is 2. The molecule has 3 N–H and O–H groups in total. The average Bonchev–Trinajstić information content (AvgIpc) is 3.17. The molecule has 0 amide bonds. The van der Waals surface area contributed by atoms with E-state index >= 15 is 0 Å². The fourth-order valence-electron chi connectivity index (χ4n) is 2.09. The second-order valence-electron chi connectivity index (χ2n) is 4.56. The predicted octanol–water partition coefficient (Wildman–Crippen LogP) is 0.761. The molecular formula is C13H10N8O2. The third-order valence-corrected chi connectivity index (χ3v) is 3.14. The number of nitriles is 1. The van der Waals surface area contributed by atoms with Gasteiger partial charge in [-0.2, -0.15) is 15.6 Å². The number of fused-ring (bicyclic) bond motifs is 1. The Labute approximate surface area is 129 Å². The van der Waals surface area contributed by atoms with E-state index in [2.05, 4.69) is 31.0 Å². The van der Waals surface area contributed by atoms with Crippen molar-refractivity contribution in [2.45, 2.75) is 0 Å². The van der Waals surface area contributed by atoms with Crippen LogP contribution in [0.5, 0.6) is 0 Å². The molecule has 23 heavy (non-hydrogen) atoms. The first kappa shape index (κ1) is 14.2. The van der Waals surface area contributed by atoms with Gasteiger partial charge in [0.2, 0.25) is 5.82 Å². The van der Waals surface area contributed by atoms with Gasteiger partial charge in [-0.25, -0.2) is 4.79 Å². The molecule has 3 aromatic rings. The third kappa shape index (κ3) is 2.58. The van der Waals surface area contributed by atoms with Crippen LogP contribution in [-0.4, -0.2) is 41.5 Å². The average molecular weight is 310 g/mol. The highest BCUT2D eigenvalue weighted by Gasteiger charge is 2.15. The van der Waals surface area contributed by atoms with Gasteiger partial charge in [0.15, 0.2) is 5.69 Å². The molecule has 0 aliphatic heterocycles. The lowest BCUT2D eigenvalue weighted by molar-refractivity contribution is 0.0691. The van der Waals surface area contributed by atoms with Gasteiger partial charge in [-0.1, -0.05) is 0 Å². The molecule has 0 aliphatic carbocycles. The molecule has 3 rings (SSSR count). The van der Waals surface area contributed by atoms with E-state index in [1.165, 1.54) is 10.9 Å². The maximum absolute atomic E-state index is 11.2. The van der Waals surface area contributed by atoms with E-state index in [9.17, 15) is 9.90 Å². The van der Waals surface area contributed by atoms with Gasteiger partial charge in [0, 0.05) is 24.3 Å². The number of tetrazole rings is 1. The zero-order chi connectivity index (χ0) is 16.4. The first-order valence-electron chi connectivity index (χ1n) is 6.41. The van der Waals surface area contributed by atoms with E-state index in [0.29, 0.717) is 16.6 Å². The quantitative estimate of drug-likeness (QED) is 0.599. The number of allylic oxidation sites excluding steroid dienone is 1. The summed E-state index contributed by atoms with van der Waals surface area (Å²) < 4.78 is 1.50. The molecule has 114 valence electrons. The Hall–Kier alpha value is -3.74. The minimum absolute atomic E-state index is 0.0335. The molecule has 0 spiro atoms. The van der Waals surface area contributed by atoms with Crippen LogP contribution in [0.3, 0.4) is 0 Å². The molecular weight excluding hydrogens is 300 g/mol. The number of carboxylic acids is 1. The minimum atomic E-state index is -1.10. The van der Waals surface area contributed by atoms with Crippen LogP contribution in [0.15, 0.2) is 24.4 Å². The molecule has 0 atom stereocenters. The van der Waals surface area contributed by atoms with Crippen LogP contribution >= 0.6 is 0 Å². The van der Waals surface area contributed by atoms with Gasteiger partial charge >= 0.3 is 5.97 Å². The number of aryl methyl sites for hydroxylation is 1. The summed E-state index contributed by atoms with van der Waals surface area (Å²) in [6, 6.07) is 7.08. The molecule has 0 saturated heterocycles. The number of aromatic carboxylic acids is 1. The summed E-state index contributed by atoms with van der Waals surface area (Å²) in [6.45, 7) is 0. The SMILES string of the molecule is Cn1nc(C(=O)O)c2cc(NC=C(C#N)c3nn[nH]n3)ccc21. The Bertz CT molecular complexity index is 948. The van der Waals surface area contributed by atoms with E-state index in [4.69, 9.17) is 5.26 Å². The zero-order valence-electron chi connectivity index (χ0n) is 11.8. The highest BCUT2D eigenvalue weighted by atomic mass is 16.4. The van der Waals surface area contributed by atoms with Crippen LogP contribution in [0.1, 0.15) is 16.3 Å². The van der Waals surface area contributed by atoms with Crippen molar-refractivity contribution in [3.63, 3.8) is 0 Å². The zero-order valence-corrected chi connectivity index (χ0v) is 11.8. The van der Waals surface area contributed by atoms with Gasteiger partial charge in [0.1, 0.15) is 11.6 Å². The number of hydrogen-bond donors (Lipinski definition) is 3. The van der Waals surface area contributed by atoms with Crippen LogP contribution in [0, 0.1) is 11.3 Å². The lowest BCUT2D eigenvalue weighted by Gasteiger charge is -2.02. The molecule has 0 unspecified atom stereocenters. The summed E-state index contributed by atoms with van der Waals surface area (Å²) in [6.07, 6.45) is 1.42. The van der Waals surface area contributed by atoms with E-state index in [1.54, 1.807) is 25.2 Å². The van der Waals surface area contributed by atoms with Gasteiger partial charge in [-0.15, -0.1) is 10.2 Å². The molecule has 0 saturated carbocycles. The van der Waals surface area contributed by atoms with Gasteiger partial charge in [0.25, 0.3) is 0 Å². The Kier molecular flexibility index (Phi) is 3.44. The van der Waals surface area contributed by atoms with Crippen molar-refractivity contribution in [1.82, 2.24) is 30.4 Å². The maximum atomic E-state index is 11.2. The maximum Gasteiger partial charge on any atom is 0.357 e. The Balaban J connectivity index is 1.96. The van der Waals surface area contributed by atoms with E-state index in [0.717, 1.165) is 0 Å². The summed E-state index contributed by atoms with van der Waals surface area (Å²) in [4.78, 5) is 11.2. The normalized spacial score (nSPS) is 11.4. The fraction of sp³-hybridized carbons (Fsp3) is 0.0769. The van der Waals surface area contributed by atoms with E-state index < -0.39 is 5.97 Å². The van der Waals surface area contributed by atoms with Crippen molar-refractivity contribution >= 4 is 28.1 Å². The van der Waals surface area contributed by atoms with E-state index in [-0.39, 0.29) is 17.1 Å². The molecule has 0 aliphatic rings. The molecule has 1 aromatic carbocycles. The van der Waals surface area contributed by atoms with Crippen molar-refractivity contribution in [2.75, 3.05) is 5.32 Å². The van der Waals surface area contributed by atoms with Crippen LogP contribution < -0.4 is 5.32 Å². The molecule has 0 bridgehead atoms. The standard InChI is InChI=1S/C13H10N8O2/c1-21-10-3-2-8(4-9(10)11(18-21)13(22)23)15-6-7(5-14)12-16-19-20-17-12/h2-4,6,15H,1H3,(H,22,23)(H,16,17,19,20). The summed E-state index contributed by atoms with van der Waals surface area (Å²) in [5.74, 6) is -0.943. The van der Waals surface area contributed by atoms with Crippen molar-refractivity contribution < 1.29 is 9.90 Å². The third-order valence-electron chi connectivity index (χ3n) is 3.14. The summed E-state index contributed by atoms with van der Waals surface area (Å²) in [5, 5.41) is 38.8. The van der Waals surface area contributed by atoms with Crippen LogP contribution in [0.2, 0.25) is 0 Å². The molecule has 2 heterocycles. The molecule has 10 heteroatoms. The van der Waals surface area contributed by atoms with Crippen molar-refractivity contribution in [2.24, 2.45) is 7.05 Å². The molecule has 0 fully saturated rings. The number of rotatable bonds is 4. The second kappa shape index (κ2) is 5.57. The second-order valence-corrected chi connectivity index (χ2v) is 4.56. The van der Waals surface area contributed by atoms with Crippen molar-refractivity contribution in [1.29, 1.82) is 5.26 Å². The number of aromatic nitrogens is 6. The number of carbonyl (C=O) groups is 1. The highest BCUT2D eigenvalue weighted by Crippen LogP contribution is 2.22. The smallest absolute Gasteiger partial charge is 0.357 e. The number of hydrogen-bond acceptors (Lipinski definition) is 7. The van der Waals surface area contributed by atoms with Gasteiger partial charge in [-0.3, -0.25) is 4.68 Å². The molecule has 2 aromatic heterocycles. The van der Waals surface area contributed by atoms with Crippen molar-refractivity contribution in [3.05, 3.63) is 35.9 Å². The van der Waals surface area contributed by atoms with Gasteiger partial charge < -0.3 is 10.4 Å². The van der Waals surface area contributed by atoms with Gasteiger partial charge in [-0.05, 0) is 23.4 Å². The molecule has 10 nitrogen and oxygen atoms in total. The number of benzene rings is 1. The van der Waals surface area contributed by atoms with Crippen molar-refractivity contribution in [3.8, 4) is 6.07 Å². The molecule has 0 radical (unpaired) electrons. The first-order chi connectivity index (χ1) is 11.1. The van der Waals surface area contributed by atoms with Crippen LogP contribution in [0.4, 0.5) is 5.69 Å². The number of H-pyrrole nitrogens is 1. The van der Waals surface area contributed by atoms with E-state index in [1.807, 2.05) is 6.07 Å². The summed E-state index contributed by atoms with van der Waals surface area (Å²) in [5.41, 5.74) is 1.44. The number of anilines is 1. The fourth-order valence-corrected chi connectivity index (χ4v) is 2.09. The van der Waals surface area contributed by atoms with Crippen LogP contribution in [-0.2, 0) is 7.05 Å².